The Kier molecular flexibility index (Phi) is 8.07. The summed E-state index contributed by atoms with van der Waals surface area (Å²) in [5.74, 6) is -0.543. The van der Waals surface area contributed by atoms with Gasteiger partial charge in [-0.3, -0.25) is 0 Å². The van der Waals surface area contributed by atoms with Gasteiger partial charge in [0.15, 0.2) is 12.1 Å². The molecule has 4 heteroatoms. The molecule has 29 heavy (non-hydrogen) atoms. The lowest BCUT2D eigenvalue weighted by atomic mass is 9.99. The van der Waals surface area contributed by atoms with E-state index in [-0.39, 0.29) is 30.7 Å². The second-order valence-corrected chi connectivity index (χ2v) is 8.69. The number of hydrogen-bond acceptors (Lipinski definition) is 4. The number of ether oxygens (including phenoxy) is 4. The van der Waals surface area contributed by atoms with Crippen LogP contribution in [0.25, 0.3) is 0 Å². The summed E-state index contributed by atoms with van der Waals surface area (Å²) in [6, 6.07) is 10.6. The average molecular weight is 401 g/mol. The van der Waals surface area contributed by atoms with Gasteiger partial charge in [0.05, 0.1) is 24.4 Å². The Morgan fingerprint density at radius 1 is 1.14 bits per heavy atom. The molecule has 0 aliphatic carbocycles. The van der Waals surface area contributed by atoms with E-state index in [0.717, 1.165) is 32.1 Å². The summed E-state index contributed by atoms with van der Waals surface area (Å²) in [5, 5.41) is 0. The molecule has 3 rings (SSSR count). The normalized spacial score (nSPS) is 29.6. The molecule has 2 aliphatic rings. The maximum absolute atomic E-state index is 6.18. The Labute approximate surface area is 175 Å². The molecule has 2 aliphatic heterocycles. The average Bonchev–Trinajstić information content (AvgIpc) is 2.66. The predicted octanol–water partition coefficient (Wildman–Crippen LogP) is 5.57. The van der Waals surface area contributed by atoms with Gasteiger partial charge >= 0.3 is 0 Å². The van der Waals surface area contributed by atoms with E-state index >= 15 is 0 Å². The van der Waals surface area contributed by atoms with Crippen LogP contribution >= 0.6 is 0 Å². The van der Waals surface area contributed by atoms with Crippen LogP contribution in [0.3, 0.4) is 0 Å². The summed E-state index contributed by atoms with van der Waals surface area (Å²) < 4.78 is 24.1. The molecule has 1 fully saturated rings. The zero-order valence-corrected chi connectivity index (χ0v) is 18.3. The Morgan fingerprint density at radius 2 is 1.90 bits per heavy atom. The smallest absolute Gasteiger partial charge is 0.177 e. The van der Waals surface area contributed by atoms with Crippen molar-refractivity contribution in [1.82, 2.24) is 0 Å². The molecular formula is C25H36O4. The zero-order valence-electron chi connectivity index (χ0n) is 18.3. The summed E-state index contributed by atoms with van der Waals surface area (Å²) in [7, 11) is 0. The first-order valence-corrected chi connectivity index (χ1v) is 10.9. The van der Waals surface area contributed by atoms with Crippen LogP contribution in [0.2, 0.25) is 0 Å². The predicted molar refractivity (Wildman–Crippen MR) is 116 cm³/mol. The van der Waals surface area contributed by atoms with E-state index in [1.165, 1.54) is 5.56 Å². The van der Waals surface area contributed by atoms with Gasteiger partial charge in [-0.1, -0.05) is 48.6 Å². The highest BCUT2D eigenvalue weighted by atomic mass is 16.7. The van der Waals surface area contributed by atoms with Gasteiger partial charge in [0.2, 0.25) is 0 Å². The topological polar surface area (TPSA) is 36.9 Å². The van der Waals surface area contributed by atoms with Crippen LogP contribution in [-0.4, -0.2) is 36.5 Å². The van der Waals surface area contributed by atoms with Gasteiger partial charge in [0.1, 0.15) is 0 Å². The maximum Gasteiger partial charge on any atom is 0.177 e. The van der Waals surface area contributed by atoms with Crippen LogP contribution in [0.4, 0.5) is 0 Å². The number of aryl methyl sites for hydroxylation is 1. The standard InChI is InChI=1S/C25H36O4/c1-19(2)26-24-15-9-13-21(27-24)12-8-14-22-18-23(29-25(3,4)28-22)17-16-20-10-6-5-7-11-20/h5-12,15,19,21-24H,13-14,16-18H2,1-4H3/b12-8-/t21-,22-,23-,24+/m0/s1. The van der Waals surface area contributed by atoms with E-state index in [9.17, 15) is 0 Å². The van der Waals surface area contributed by atoms with Crippen molar-refractivity contribution in [3.05, 3.63) is 60.2 Å². The first kappa shape index (κ1) is 22.2. The minimum Gasteiger partial charge on any atom is -0.347 e. The molecule has 0 N–H and O–H groups in total. The van der Waals surface area contributed by atoms with E-state index in [2.05, 4.69) is 48.6 Å². The lowest BCUT2D eigenvalue weighted by Crippen LogP contribution is -2.44. The van der Waals surface area contributed by atoms with Gasteiger partial charge in [-0.05, 0) is 65.0 Å². The van der Waals surface area contributed by atoms with E-state index < -0.39 is 5.79 Å². The van der Waals surface area contributed by atoms with Gasteiger partial charge in [-0.2, -0.15) is 0 Å². The molecule has 160 valence electrons. The molecular weight excluding hydrogens is 364 g/mol. The lowest BCUT2D eigenvalue weighted by Gasteiger charge is -2.40. The lowest BCUT2D eigenvalue weighted by molar-refractivity contribution is -0.299. The molecule has 0 aromatic heterocycles. The zero-order chi connectivity index (χ0) is 20.7. The van der Waals surface area contributed by atoms with E-state index in [0.29, 0.717) is 0 Å². The minimum atomic E-state index is -0.543. The van der Waals surface area contributed by atoms with Crippen molar-refractivity contribution in [3.8, 4) is 0 Å². The van der Waals surface area contributed by atoms with Crippen LogP contribution in [-0.2, 0) is 25.4 Å². The van der Waals surface area contributed by atoms with Crippen molar-refractivity contribution in [2.24, 2.45) is 0 Å². The second kappa shape index (κ2) is 10.5. The summed E-state index contributed by atoms with van der Waals surface area (Å²) in [6.07, 6.45) is 13.5. The SMILES string of the molecule is CC(C)O[C@H]1C=CC[C@H](/C=C\C[C@H]2C[C@H](CCc3ccccc3)OC(C)(C)O2)O1. The first-order chi connectivity index (χ1) is 13.9. The third kappa shape index (κ3) is 7.71. The van der Waals surface area contributed by atoms with Crippen molar-refractivity contribution in [2.45, 2.75) is 96.3 Å². The van der Waals surface area contributed by atoms with Crippen molar-refractivity contribution in [3.63, 3.8) is 0 Å². The Balaban J connectivity index is 1.48. The molecule has 1 saturated heterocycles. The molecule has 1 aromatic carbocycles. The highest BCUT2D eigenvalue weighted by molar-refractivity contribution is 5.14. The van der Waals surface area contributed by atoms with Crippen LogP contribution in [0, 0.1) is 0 Å². The van der Waals surface area contributed by atoms with Gasteiger partial charge in [0.25, 0.3) is 0 Å². The number of benzene rings is 1. The molecule has 0 unspecified atom stereocenters. The third-order valence-corrected chi connectivity index (χ3v) is 5.15. The fourth-order valence-corrected chi connectivity index (χ4v) is 3.96. The van der Waals surface area contributed by atoms with Gasteiger partial charge < -0.3 is 18.9 Å². The largest absolute Gasteiger partial charge is 0.347 e. The summed E-state index contributed by atoms with van der Waals surface area (Å²) in [6.45, 7) is 8.08. The van der Waals surface area contributed by atoms with Gasteiger partial charge in [0, 0.05) is 6.42 Å². The number of hydrogen-bond donors (Lipinski definition) is 0. The van der Waals surface area contributed by atoms with Crippen LogP contribution in [0.5, 0.6) is 0 Å². The third-order valence-electron chi connectivity index (χ3n) is 5.15. The van der Waals surface area contributed by atoms with Crippen molar-refractivity contribution < 1.29 is 18.9 Å². The first-order valence-electron chi connectivity index (χ1n) is 10.9. The van der Waals surface area contributed by atoms with E-state index in [4.69, 9.17) is 18.9 Å². The molecule has 4 atom stereocenters. The summed E-state index contributed by atoms with van der Waals surface area (Å²) in [5.41, 5.74) is 1.36. The fourth-order valence-electron chi connectivity index (χ4n) is 3.96. The van der Waals surface area contributed by atoms with Crippen LogP contribution in [0.15, 0.2) is 54.6 Å². The second-order valence-electron chi connectivity index (χ2n) is 8.69. The highest BCUT2D eigenvalue weighted by Gasteiger charge is 2.34. The monoisotopic (exact) mass is 400 g/mol. The maximum atomic E-state index is 6.18. The quantitative estimate of drug-likeness (QED) is 0.535. The molecule has 0 radical (unpaired) electrons. The summed E-state index contributed by atoms with van der Waals surface area (Å²) >= 11 is 0. The van der Waals surface area contributed by atoms with Gasteiger partial charge in [-0.15, -0.1) is 0 Å². The summed E-state index contributed by atoms with van der Waals surface area (Å²) in [4.78, 5) is 0. The molecule has 1 aromatic rings. The molecule has 0 amide bonds. The number of rotatable bonds is 8. The van der Waals surface area contributed by atoms with E-state index in [1.807, 2.05) is 33.8 Å². The highest BCUT2D eigenvalue weighted by Crippen LogP contribution is 2.30. The Bertz CT molecular complexity index is 665. The Morgan fingerprint density at radius 3 is 2.66 bits per heavy atom. The van der Waals surface area contributed by atoms with Crippen molar-refractivity contribution in [2.75, 3.05) is 0 Å². The Hall–Kier alpha value is -1.46. The van der Waals surface area contributed by atoms with E-state index in [1.54, 1.807) is 0 Å². The molecule has 0 bridgehead atoms. The molecule has 0 spiro atoms. The molecule has 4 nitrogen and oxygen atoms in total. The molecule has 2 heterocycles. The minimum absolute atomic E-state index is 0.0606. The fraction of sp³-hybridized carbons (Fsp3) is 0.600. The van der Waals surface area contributed by atoms with Crippen LogP contribution < -0.4 is 0 Å². The van der Waals surface area contributed by atoms with Crippen molar-refractivity contribution >= 4 is 0 Å². The van der Waals surface area contributed by atoms with Gasteiger partial charge in [-0.25, -0.2) is 0 Å². The van der Waals surface area contributed by atoms with Crippen molar-refractivity contribution in [1.29, 1.82) is 0 Å². The van der Waals surface area contributed by atoms with Crippen LogP contribution in [0.1, 0.15) is 58.9 Å². The molecule has 0 saturated carbocycles.